The lowest BCUT2D eigenvalue weighted by molar-refractivity contribution is 0.0692. The van der Waals surface area contributed by atoms with E-state index < -0.39 is 5.97 Å². The van der Waals surface area contributed by atoms with E-state index in [0.29, 0.717) is 16.7 Å². The van der Waals surface area contributed by atoms with Crippen LogP contribution in [-0.4, -0.2) is 30.8 Å². The molecule has 2 heterocycles. The third kappa shape index (κ3) is 2.28. The van der Waals surface area contributed by atoms with Crippen molar-refractivity contribution in [2.75, 3.05) is 0 Å². The van der Waals surface area contributed by atoms with Crippen LogP contribution in [0.3, 0.4) is 0 Å². The molecule has 0 atom stereocenters. The van der Waals surface area contributed by atoms with Gasteiger partial charge in [-0.3, -0.25) is 4.57 Å². The van der Waals surface area contributed by atoms with Gasteiger partial charge in [0.1, 0.15) is 5.03 Å². The van der Waals surface area contributed by atoms with Gasteiger partial charge in [0.15, 0.2) is 5.16 Å². The van der Waals surface area contributed by atoms with E-state index in [1.54, 1.807) is 13.0 Å². The van der Waals surface area contributed by atoms with Crippen molar-refractivity contribution in [2.24, 2.45) is 0 Å². The molecule has 0 saturated carbocycles. The number of rotatable bonds is 4. The summed E-state index contributed by atoms with van der Waals surface area (Å²) in [6.45, 7) is 2.25. The molecule has 0 saturated heterocycles. The van der Waals surface area contributed by atoms with E-state index in [-0.39, 0.29) is 11.3 Å². The number of hydrogen-bond donors (Lipinski definition) is 2. The van der Waals surface area contributed by atoms with Gasteiger partial charge in [0.05, 0.1) is 5.56 Å². The molecule has 0 aromatic carbocycles. The average molecular weight is 266 g/mol. The molecule has 0 aliphatic carbocycles. The lowest BCUT2D eigenvalue weighted by Gasteiger charge is -2.04. The van der Waals surface area contributed by atoms with Crippen molar-refractivity contribution < 1.29 is 9.90 Å². The molecule has 0 amide bonds. The molecular weight excluding hydrogens is 256 g/mol. The Hall–Kier alpha value is -2.09. The van der Waals surface area contributed by atoms with E-state index in [4.69, 9.17) is 5.11 Å². The van der Waals surface area contributed by atoms with Crippen LogP contribution in [0.25, 0.3) is 0 Å². The van der Waals surface area contributed by atoms with Crippen LogP contribution >= 0.6 is 11.8 Å². The van der Waals surface area contributed by atoms with Crippen molar-refractivity contribution in [3.8, 4) is 0 Å². The van der Waals surface area contributed by atoms with Crippen molar-refractivity contribution in [3.63, 3.8) is 0 Å². The van der Waals surface area contributed by atoms with Gasteiger partial charge >= 0.3 is 11.7 Å². The standard InChI is InChI=1S/C10H10N4O3S/c1-2-14-9(17)12-13-10(14)18-7-6(8(15)16)4-3-5-11-7/h3-5H,2H2,1H3,(H,12,17)(H,15,16). The minimum Gasteiger partial charge on any atom is -0.478 e. The smallest absolute Gasteiger partial charge is 0.343 e. The number of nitrogens with one attached hydrogen (secondary N) is 1. The number of aromatic nitrogens is 4. The third-order valence-corrected chi connectivity index (χ3v) is 3.24. The van der Waals surface area contributed by atoms with Crippen molar-refractivity contribution in [3.05, 3.63) is 34.4 Å². The fourth-order valence-electron chi connectivity index (χ4n) is 1.38. The highest BCUT2D eigenvalue weighted by Gasteiger charge is 2.15. The fraction of sp³-hybridized carbons (Fsp3) is 0.200. The van der Waals surface area contributed by atoms with Crippen LogP contribution in [0.15, 0.2) is 33.3 Å². The molecule has 0 bridgehead atoms. The molecule has 0 unspecified atom stereocenters. The Morgan fingerprint density at radius 2 is 2.39 bits per heavy atom. The van der Waals surface area contributed by atoms with Crippen LogP contribution in [0, 0.1) is 0 Å². The van der Waals surface area contributed by atoms with E-state index in [1.807, 2.05) is 0 Å². The Kier molecular flexibility index (Phi) is 3.47. The molecule has 2 N–H and O–H groups in total. The van der Waals surface area contributed by atoms with Crippen LogP contribution in [-0.2, 0) is 6.54 Å². The zero-order valence-electron chi connectivity index (χ0n) is 9.45. The molecule has 2 rings (SSSR count). The summed E-state index contributed by atoms with van der Waals surface area (Å²) in [6.07, 6.45) is 1.50. The molecule has 18 heavy (non-hydrogen) atoms. The summed E-state index contributed by atoms with van der Waals surface area (Å²) < 4.78 is 1.41. The number of carbonyl (C=O) groups is 1. The highest BCUT2D eigenvalue weighted by molar-refractivity contribution is 7.99. The normalized spacial score (nSPS) is 10.5. The zero-order valence-corrected chi connectivity index (χ0v) is 10.3. The molecule has 7 nitrogen and oxygen atoms in total. The highest BCUT2D eigenvalue weighted by Crippen LogP contribution is 2.26. The Bertz CT molecular complexity index is 634. The van der Waals surface area contributed by atoms with Gasteiger partial charge in [-0.15, -0.1) is 5.10 Å². The first-order valence-electron chi connectivity index (χ1n) is 5.15. The minimum atomic E-state index is -1.06. The highest BCUT2D eigenvalue weighted by atomic mass is 32.2. The second-order valence-corrected chi connectivity index (χ2v) is 4.27. The second-order valence-electron chi connectivity index (χ2n) is 3.32. The van der Waals surface area contributed by atoms with Crippen LogP contribution < -0.4 is 5.69 Å². The van der Waals surface area contributed by atoms with Crippen molar-refractivity contribution in [2.45, 2.75) is 23.7 Å². The number of pyridine rings is 1. The summed E-state index contributed by atoms with van der Waals surface area (Å²) in [5, 5.41) is 15.9. The maximum Gasteiger partial charge on any atom is 0.343 e. The summed E-state index contributed by atoms with van der Waals surface area (Å²) in [7, 11) is 0. The monoisotopic (exact) mass is 266 g/mol. The maximum absolute atomic E-state index is 11.4. The van der Waals surface area contributed by atoms with E-state index in [1.165, 1.54) is 16.8 Å². The van der Waals surface area contributed by atoms with E-state index in [0.717, 1.165) is 11.8 Å². The number of aromatic carboxylic acids is 1. The van der Waals surface area contributed by atoms with Crippen molar-refractivity contribution >= 4 is 17.7 Å². The van der Waals surface area contributed by atoms with Crippen LogP contribution in [0.2, 0.25) is 0 Å². The van der Waals surface area contributed by atoms with E-state index in [9.17, 15) is 9.59 Å². The average Bonchev–Trinajstić information content (AvgIpc) is 2.70. The van der Waals surface area contributed by atoms with Gasteiger partial charge in [-0.2, -0.15) is 0 Å². The first-order valence-corrected chi connectivity index (χ1v) is 5.96. The van der Waals surface area contributed by atoms with Gasteiger partial charge in [0.2, 0.25) is 0 Å². The molecule has 0 aliphatic heterocycles. The maximum atomic E-state index is 11.4. The Labute approximate surface area is 106 Å². The lowest BCUT2D eigenvalue weighted by Crippen LogP contribution is -2.16. The Morgan fingerprint density at radius 3 is 3.06 bits per heavy atom. The first-order chi connectivity index (χ1) is 8.63. The molecule has 0 aliphatic rings. The van der Waals surface area contributed by atoms with Gasteiger partial charge < -0.3 is 5.11 Å². The van der Waals surface area contributed by atoms with E-state index >= 15 is 0 Å². The zero-order chi connectivity index (χ0) is 13.1. The quantitative estimate of drug-likeness (QED) is 0.850. The molecule has 0 radical (unpaired) electrons. The van der Waals surface area contributed by atoms with Gasteiger partial charge in [-0.1, -0.05) is 0 Å². The van der Waals surface area contributed by atoms with Gasteiger partial charge in [0.25, 0.3) is 0 Å². The molecular formula is C10H10N4O3S. The van der Waals surface area contributed by atoms with Gasteiger partial charge in [0, 0.05) is 12.7 Å². The molecule has 0 fully saturated rings. The van der Waals surface area contributed by atoms with Crippen molar-refractivity contribution in [1.29, 1.82) is 0 Å². The number of hydrogen-bond acceptors (Lipinski definition) is 5. The summed E-state index contributed by atoms with van der Waals surface area (Å²) in [5.74, 6) is -1.06. The van der Waals surface area contributed by atoms with Crippen LogP contribution in [0.1, 0.15) is 17.3 Å². The predicted molar refractivity (Wildman–Crippen MR) is 63.8 cm³/mol. The topological polar surface area (TPSA) is 101 Å². The van der Waals surface area contributed by atoms with Crippen LogP contribution in [0.4, 0.5) is 0 Å². The number of nitrogens with zero attached hydrogens (tertiary/aromatic N) is 3. The molecule has 0 spiro atoms. The third-order valence-electron chi connectivity index (χ3n) is 2.23. The fourth-order valence-corrected chi connectivity index (χ4v) is 2.35. The summed E-state index contributed by atoms with van der Waals surface area (Å²) in [4.78, 5) is 26.4. The van der Waals surface area contributed by atoms with Gasteiger partial charge in [-0.25, -0.2) is 19.7 Å². The minimum absolute atomic E-state index is 0.0839. The first kappa shape index (κ1) is 12.4. The molecule has 94 valence electrons. The Balaban J connectivity index is 2.40. The lowest BCUT2D eigenvalue weighted by atomic mass is 10.3. The SMILES string of the molecule is CCn1c(Sc2ncccc2C(=O)O)n[nH]c1=O. The summed E-state index contributed by atoms with van der Waals surface area (Å²) >= 11 is 1.04. The molecule has 2 aromatic heterocycles. The summed E-state index contributed by atoms with van der Waals surface area (Å²) in [6, 6.07) is 3.00. The number of carboxylic acid groups (broad SMARTS) is 1. The van der Waals surface area contributed by atoms with Gasteiger partial charge in [-0.05, 0) is 30.8 Å². The van der Waals surface area contributed by atoms with Crippen molar-refractivity contribution in [1.82, 2.24) is 19.7 Å². The Morgan fingerprint density at radius 1 is 1.61 bits per heavy atom. The molecule has 8 heteroatoms. The predicted octanol–water partition coefficient (Wildman–Crippen LogP) is 0.836. The van der Waals surface area contributed by atoms with E-state index in [2.05, 4.69) is 15.2 Å². The number of H-pyrrole nitrogens is 1. The second kappa shape index (κ2) is 5.05. The number of aromatic amines is 1. The number of carboxylic acids is 1. The largest absolute Gasteiger partial charge is 0.478 e. The summed E-state index contributed by atoms with van der Waals surface area (Å²) in [5.41, 5.74) is -0.242. The van der Waals surface area contributed by atoms with Crippen LogP contribution in [0.5, 0.6) is 0 Å². The molecule has 2 aromatic rings.